The number of likely N-dealkylation sites (tertiary alicyclic amines) is 1. The summed E-state index contributed by atoms with van der Waals surface area (Å²) in [7, 11) is 0. The lowest BCUT2D eigenvalue weighted by Crippen LogP contribution is -2.48. The summed E-state index contributed by atoms with van der Waals surface area (Å²) in [4.78, 5) is 38.8. The summed E-state index contributed by atoms with van der Waals surface area (Å²) in [6, 6.07) is 13.9. The number of nitrogens with one attached hydrogen (secondary N) is 2. The third-order valence-corrected chi connectivity index (χ3v) is 5.64. The van der Waals surface area contributed by atoms with Gasteiger partial charge < -0.3 is 15.5 Å². The highest BCUT2D eigenvalue weighted by molar-refractivity contribution is 6.35. The highest BCUT2D eigenvalue weighted by atomic mass is 35.5. The molecule has 2 N–H and O–H groups in total. The summed E-state index contributed by atoms with van der Waals surface area (Å²) in [6.07, 6.45) is 1.44. The van der Waals surface area contributed by atoms with Gasteiger partial charge in [-0.15, -0.1) is 0 Å². The summed E-state index contributed by atoms with van der Waals surface area (Å²) < 4.78 is 0. The van der Waals surface area contributed by atoms with Gasteiger partial charge in [0, 0.05) is 35.2 Å². The molecule has 6 nitrogen and oxygen atoms in total. The summed E-state index contributed by atoms with van der Waals surface area (Å²) in [5.41, 5.74) is 1.28. The quantitative estimate of drug-likeness (QED) is 0.712. The number of hydrogen-bond acceptors (Lipinski definition) is 3. The molecule has 0 radical (unpaired) electrons. The van der Waals surface area contributed by atoms with Crippen molar-refractivity contribution in [3.05, 3.63) is 69.7 Å². The first-order valence-electron chi connectivity index (χ1n) is 9.76. The second-order valence-electron chi connectivity index (χ2n) is 7.18. The second kappa shape index (κ2) is 10.5. The molecule has 1 aliphatic heterocycles. The fourth-order valence-corrected chi connectivity index (χ4v) is 3.84. The van der Waals surface area contributed by atoms with E-state index in [9.17, 15) is 14.4 Å². The molecule has 8 heteroatoms. The van der Waals surface area contributed by atoms with Crippen LogP contribution in [0.4, 0.5) is 0 Å². The van der Waals surface area contributed by atoms with Crippen LogP contribution in [0.25, 0.3) is 0 Å². The van der Waals surface area contributed by atoms with Gasteiger partial charge in [-0.1, -0.05) is 47.5 Å². The molecule has 3 rings (SSSR count). The van der Waals surface area contributed by atoms with Crippen LogP contribution in [-0.2, 0) is 16.1 Å². The highest BCUT2D eigenvalue weighted by Crippen LogP contribution is 2.21. The maximum Gasteiger partial charge on any atom is 0.251 e. The van der Waals surface area contributed by atoms with Crippen LogP contribution in [-0.4, -0.2) is 42.3 Å². The minimum Gasteiger partial charge on any atom is -0.352 e. The van der Waals surface area contributed by atoms with Crippen molar-refractivity contribution in [3.8, 4) is 0 Å². The van der Waals surface area contributed by atoms with Gasteiger partial charge in [0.05, 0.1) is 12.5 Å². The van der Waals surface area contributed by atoms with Crippen molar-refractivity contribution >= 4 is 40.9 Å². The average Bonchev–Trinajstić information content (AvgIpc) is 2.77. The number of hydrogen-bond donors (Lipinski definition) is 2. The summed E-state index contributed by atoms with van der Waals surface area (Å²) in [5, 5.41) is 6.56. The van der Waals surface area contributed by atoms with Crippen LogP contribution in [0, 0.1) is 5.92 Å². The van der Waals surface area contributed by atoms with Crippen LogP contribution < -0.4 is 10.6 Å². The predicted molar refractivity (Wildman–Crippen MR) is 116 cm³/mol. The van der Waals surface area contributed by atoms with Gasteiger partial charge in [0.25, 0.3) is 5.91 Å². The van der Waals surface area contributed by atoms with E-state index in [0.29, 0.717) is 41.7 Å². The molecule has 158 valence electrons. The van der Waals surface area contributed by atoms with Crippen molar-refractivity contribution in [2.75, 3.05) is 19.6 Å². The van der Waals surface area contributed by atoms with Crippen molar-refractivity contribution in [3.63, 3.8) is 0 Å². The molecular formula is C22H23Cl2N3O3. The lowest BCUT2D eigenvalue weighted by molar-refractivity contribution is -0.135. The van der Waals surface area contributed by atoms with E-state index in [4.69, 9.17) is 23.2 Å². The summed E-state index contributed by atoms with van der Waals surface area (Å²) >= 11 is 12.0. The largest absolute Gasteiger partial charge is 0.352 e. The summed E-state index contributed by atoms with van der Waals surface area (Å²) in [6.45, 7) is 1.11. The van der Waals surface area contributed by atoms with E-state index in [0.717, 1.165) is 12.0 Å². The molecule has 3 amide bonds. The fourth-order valence-electron chi connectivity index (χ4n) is 3.37. The van der Waals surface area contributed by atoms with E-state index in [2.05, 4.69) is 10.6 Å². The molecule has 1 unspecified atom stereocenters. The van der Waals surface area contributed by atoms with Crippen LogP contribution in [0.1, 0.15) is 28.8 Å². The van der Waals surface area contributed by atoms with E-state index in [-0.39, 0.29) is 30.2 Å². The van der Waals surface area contributed by atoms with E-state index in [1.807, 2.05) is 6.07 Å². The molecule has 0 aliphatic carbocycles. The van der Waals surface area contributed by atoms with E-state index in [1.54, 1.807) is 47.4 Å². The molecule has 1 aliphatic rings. The Hall–Kier alpha value is -2.57. The van der Waals surface area contributed by atoms with Crippen LogP contribution in [0.3, 0.4) is 0 Å². The number of carbonyl (C=O) groups excluding carboxylic acids is 3. The first-order chi connectivity index (χ1) is 14.4. The van der Waals surface area contributed by atoms with E-state index in [1.165, 1.54) is 0 Å². The standard InChI is InChI=1S/C22H23Cl2N3O3/c23-18-9-8-16(19(24)11-18)12-25-22(30)17-7-4-10-27(14-17)20(28)13-26-21(29)15-5-2-1-3-6-15/h1-3,5-6,8-9,11,17H,4,7,10,12-14H2,(H,25,30)(H,26,29). The zero-order valence-corrected chi connectivity index (χ0v) is 17.9. The van der Waals surface area contributed by atoms with Crippen LogP contribution >= 0.6 is 23.2 Å². The molecule has 1 atom stereocenters. The number of rotatable bonds is 6. The Morgan fingerprint density at radius 1 is 1.03 bits per heavy atom. The molecule has 0 saturated carbocycles. The zero-order valence-electron chi connectivity index (χ0n) is 16.4. The molecule has 0 aromatic heterocycles. The van der Waals surface area contributed by atoms with Crippen molar-refractivity contribution in [2.24, 2.45) is 5.92 Å². The van der Waals surface area contributed by atoms with E-state index >= 15 is 0 Å². The SMILES string of the molecule is O=C(NCC(=O)N1CCCC(C(=O)NCc2ccc(Cl)cc2Cl)C1)c1ccccc1. The second-order valence-corrected chi connectivity index (χ2v) is 8.02. The Bertz CT molecular complexity index is 921. The molecule has 30 heavy (non-hydrogen) atoms. The Morgan fingerprint density at radius 2 is 1.80 bits per heavy atom. The third-order valence-electron chi connectivity index (χ3n) is 5.05. The maximum atomic E-state index is 12.6. The molecule has 2 aromatic rings. The Balaban J connectivity index is 1.48. The van der Waals surface area contributed by atoms with Gasteiger partial charge in [-0.2, -0.15) is 0 Å². The molecular weight excluding hydrogens is 425 g/mol. The Morgan fingerprint density at radius 3 is 2.53 bits per heavy atom. The lowest BCUT2D eigenvalue weighted by Gasteiger charge is -2.32. The number of piperidine rings is 1. The number of carbonyl (C=O) groups is 3. The van der Waals surface area contributed by atoms with Crippen molar-refractivity contribution in [1.82, 2.24) is 15.5 Å². The topological polar surface area (TPSA) is 78.5 Å². The number of nitrogens with zero attached hydrogens (tertiary/aromatic N) is 1. The van der Waals surface area contributed by atoms with Gasteiger partial charge in [0.1, 0.15) is 0 Å². The molecule has 1 saturated heterocycles. The monoisotopic (exact) mass is 447 g/mol. The smallest absolute Gasteiger partial charge is 0.251 e. The first-order valence-corrected chi connectivity index (χ1v) is 10.5. The normalized spacial score (nSPS) is 16.1. The summed E-state index contributed by atoms with van der Waals surface area (Å²) in [5.74, 6) is -0.905. The van der Waals surface area contributed by atoms with Crippen LogP contribution in [0.5, 0.6) is 0 Å². The third kappa shape index (κ3) is 5.97. The van der Waals surface area contributed by atoms with Crippen molar-refractivity contribution in [2.45, 2.75) is 19.4 Å². The first kappa shape index (κ1) is 22.1. The van der Waals surface area contributed by atoms with Crippen LogP contribution in [0.2, 0.25) is 10.0 Å². The van der Waals surface area contributed by atoms with Gasteiger partial charge in [-0.3, -0.25) is 14.4 Å². The minimum absolute atomic E-state index is 0.0948. The van der Waals surface area contributed by atoms with Gasteiger partial charge in [-0.05, 0) is 42.7 Å². The Kier molecular flexibility index (Phi) is 7.71. The van der Waals surface area contributed by atoms with E-state index < -0.39 is 0 Å². The number of amides is 3. The van der Waals surface area contributed by atoms with Crippen molar-refractivity contribution in [1.29, 1.82) is 0 Å². The molecule has 1 fully saturated rings. The lowest BCUT2D eigenvalue weighted by atomic mass is 9.97. The Labute approximate surface area is 185 Å². The predicted octanol–water partition coefficient (Wildman–Crippen LogP) is 3.28. The van der Waals surface area contributed by atoms with Gasteiger partial charge in [0.2, 0.25) is 11.8 Å². The highest BCUT2D eigenvalue weighted by Gasteiger charge is 2.28. The van der Waals surface area contributed by atoms with Gasteiger partial charge in [0.15, 0.2) is 0 Å². The van der Waals surface area contributed by atoms with Crippen LogP contribution in [0.15, 0.2) is 48.5 Å². The molecule has 1 heterocycles. The average molecular weight is 448 g/mol. The number of benzene rings is 2. The van der Waals surface area contributed by atoms with Gasteiger partial charge >= 0.3 is 0 Å². The maximum absolute atomic E-state index is 12.6. The zero-order chi connectivity index (χ0) is 21.5. The minimum atomic E-state index is -0.296. The van der Waals surface area contributed by atoms with Gasteiger partial charge in [-0.25, -0.2) is 0 Å². The van der Waals surface area contributed by atoms with Crippen molar-refractivity contribution < 1.29 is 14.4 Å². The molecule has 2 aromatic carbocycles. The fraction of sp³-hybridized carbons (Fsp3) is 0.318. The molecule has 0 spiro atoms. The molecule has 0 bridgehead atoms. The number of halogens is 2.